The van der Waals surface area contributed by atoms with Gasteiger partial charge in [0.1, 0.15) is 19.0 Å². The summed E-state index contributed by atoms with van der Waals surface area (Å²) in [5, 5.41) is 3.99. The van der Waals surface area contributed by atoms with Gasteiger partial charge in [-0.05, 0) is 54.4 Å². The fraction of sp³-hybridized carbons (Fsp3) is 0.333. The smallest absolute Gasteiger partial charge is 0.416 e. The number of alkyl halides is 3. The summed E-state index contributed by atoms with van der Waals surface area (Å²) in [4.78, 5) is 16.8. The van der Waals surface area contributed by atoms with E-state index < -0.39 is 11.7 Å². The number of carbonyl (C=O) groups is 1. The molecule has 28 heavy (non-hydrogen) atoms. The van der Waals surface area contributed by atoms with Crippen LogP contribution < -0.4 is 4.74 Å². The summed E-state index contributed by atoms with van der Waals surface area (Å²) in [7, 11) is 0. The third-order valence-electron chi connectivity index (χ3n) is 4.01. The normalized spacial score (nSPS) is 12.2. The van der Waals surface area contributed by atoms with Gasteiger partial charge in [-0.2, -0.15) is 13.2 Å². The number of hydrogen-bond donors (Lipinski definition) is 0. The Balaban J connectivity index is 1.88. The van der Waals surface area contributed by atoms with Gasteiger partial charge in [0, 0.05) is 5.92 Å². The van der Waals surface area contributed by atoms with Crippen molar-refractivity contribution in [1.82, 2.24) is 0 Å². The van der Waals surface area contributed by atoms with Crippen molar-refractivity contribution in [2.75, 3.05) is 6.61 Å². The Bertz CT molecular complexity index is 810. The van der Waals surface area contributed by atoms with Crippen LogP contribution in [0.5, 0.6) is 5.75 Å². The summed E-state index contributed by atoms with van der Waals surface area (Å²) in [5.41, 5.74) is 1.29. The average Bonchev–Trinajstić information content (AvgIpc) is 2.66. The van der Waals surface area contributed by atoms with Gasteiger partial charge < -0.3 is 9.57 Å². The lowest BCUT2D eigenvalue weighted by atomic mass is 10.1. The van der Waals surface area contributed by atoms with Crippen molar-refractivity contribution in [2.45, 2.75) is 33.6 Å². The second-order valence-electron chi connectivity index (χ2n) is 6.58. The van der Waals surface area contributed by atoms with Gasteiger partial charge in [-0.1, -0.05) is 31.1 Å². The number of ketones is 1. The first-order valence-electron chi connectivity index (χ1n) is 8.75. The van der Waals surface area contributed by atoms with E-state index in [1.54, 1.807) is 31.2 Å². The topological polar surface area (TPSA) is 47.9 Å². The first kappa shape index (κ1) is 21.5. The standard InChI is InChI=1S/C21H22F3NO3/c1-14(2)20(26)13-27-19-10-6-17(7-11-19)15(3)25-28-12-16-4-8-18(9-5-16)21(22,23)24/h4-11,14H,12-13H2,1-3H3/b25-15+. The van der Waals surface area contributed by atoms with Crippen LogP contribution >= 0.6 is 0 Å². The Morgan fingerprint density at radius 3 is 2.18 bits per heavy atom. The van der Waals surface area contributed by atoms with Gasteiger partial charge in [0.25, 0.3) is 0 Å². The molecule has 7 heteroatoms. The molecule has 4 nitrogen and oxygen atoms in total. The molecule has 0 bridgehead atoms. The minimum Gasteiger partial charge on any atom is -0.486 e. The van der Waals surface area contributed by atoms with Crippen LogP contribution in [0.25, 0.3) is 0 Å². The molecule has 0 aromatic heterocycles. The molecule has 0 aliphatic heterocycles. The molecule has 0 heterocycles. The van der Waals surface area contributed by atoms with Gasteiger partial charge in [-0.15, -0.1) is 0 Å². The number of rotatable bonds is 8. The zero-order valence-corrected chi connectivity index (χ0v) is 15.9. The lowest BCUT2D eigenvalue weighted by molar-refractivity contribution is -0.137. The zero-order chi connectivity index (χ0) is 20.7. The van der Waals surface area contributed by atoms with E-state index in [9.17, 15) is 18.0 Å². The van der Waals surface area contributed by atoms with Crippen LogP contribution in [-0.4, -0.2) is 18.1 Å². The number of carbonyl (C=O) groups excluding carboxylic acids is 1. The first-order chi connectivity index (χ1) is 13.2. The zero-order valence-electron chi connectivity index (χ0n) is 15.9. The molecule has 2 rings (SSSR count). The fourth-order valence-electron chi connectivity index (χ4n) is 2.16. The molecule has 0 aliphatic rings. The Kier molecular flexibility index (Phi) is 7.20. The van der Waals surface area contributed by atoms with Gasteiger partial charge in [0.05, 0.1) is 11.3 Å². The van der Waals surface area contributed by atoms with Gasteiger partial charge in [0.2, 0.25) is 0 Å². The number of benzene rings is 2. The van der Waals surface area contributed by atoms with Crippen molar-refractivity contribution in [3.8, 4) is 5.75 Å². The Labute approximate surface area is 162 Å². The molecule has 2 aromatic rings. The highest BCUT2D eigenvalue weighted by Gasteiger charge is 2.29. The predicted octanol–water partition coefficient (Wildman–Crippen LogP) is 5.25. The highest BCUT2D eigenvalue weighted by Crippen LogP contribution is 2.29. The third kappa shape index (κ3) is 6.40. The monoisotopic (exact) mass is 393 g/mol. The first-order valence-corrected chi connectivity index (χ1v) is 8.75. The van der Waals surface area contributed by atoms with E-state index in [4.69, 9.17) is 9.57 Å². The van der Waals surface area contributed by atoms with Crippen LogP contribution in [0, 0.1) is 5.92 Å². The lowest BCUT2D eigenvalue weighted by Crippen LogP contribution is -2.16. The van der Waals surface area contributed by atoms with E-state index in [2.05, 4.69) is 5.16 Å². The summed E-state index contributed by atoms with van der Waals surface area (Å²) >= 11 is 0. The van der Waals surface area contributed by atoms with E-state index >= 15 is 0 Å². The van der Waals surface area contributed by atoms with Crippen LogP contribution in [0.3, 0.4) is 0 Å². The van der Waals surface area contributed by atoms with E-state index in [1.807, 2.05) is 13.8 Å². The molecule has 0 aliphatic carbocycles. The maximum atomic E-state index is 12.5. The number of hydrogen-bond acceptors (Lipinski definition) is 4. The Morgan fingerprint density at radius 1 is 1.04 bits per heavy atom. The number of halogens is 3. The van der Waals surface area contributed by atoms with Gasteiger partial charge in [0.15, 0.2) is 5.78 Å². The number of ether oxygens (including phenoxy) is 1. The fourth-order valence-corrected chi connectivity index (χ4v) is 2.16. The Morgan fingerprint density at radius 2 is 1.64 bits per heavy atom. The second-order valence-corrected chi connectivity index (χ2v) is 6.58. The molecule has 0 saturated carbocycles. The number of Topliss-reactive ketones (excluding diaryl/α,β-unsaturated/α-hetero) is 1. The van der Waals surface area contributed by atoms with Crippen molar-refractivity contribution < 1.29 is 27.5 Å². The maximum Gasteiger partial charge on any atom is 0.416 e. The van der Waals surface area contributed by atoms with Crippen LogP contribution in [-0.2, 0) is 22.4 Å². The number of nitrogens with zero attached hydrogens (tertiary/aromatic N) is 1. The van der Waals surface area contributed by atoms with Crippen molar-refractivity contribution >= 4 is 11.5 Å². The lowest BCUT2D eigenvalue weighted by Gasteiger charge is -2.08. The highest BCUT2D eigenvalue weighted by atomic mass is 19.4. The van der Waals surface area contributed by atoms with E-state index in [0.717, 1.165) is 17.7 Å². The van der Waals surface area contributed by atoms with E-state index in [0.29, 0.717) is 17.0 Å². The average molecular weight is 393 g/mol. The van der Waals surface area contributed by atoms with Crippen LogP contribution in [0.4, 0.5) is 13.2 Å². The van der Waals surface area contributed by atoms with E-state index in [-0.39, 0.29) is 24.9 Å². The molecule has 0 spiro atoms. The van der Waals surface area contributed by atoms with Crippen molar-refractivity contribution in [2.24, 2.45) is 11.1 Å². The second kappa shape index (κ2) is 9.39. The Hall–Kier alpha value is -2.83. The molecular formula is C21H22F3NO3. The minimum absolute atomic E-state index is 0.0264. The van der Waals surface area contributed by atoms with E-state index in [1.165, 1.54) is 12.1 Å². The molecule has 0 amide bonds. The van der Waals surface area contributed by atoms with Crippen molar-refractivity contribution in [3.05, 3.63) is 65.2 Å². The van der Waals surface area contributed by atoms with Crippen molar-refractivity contribution in [1.29, 1.82) is 0 Å². The molecule has 0 unspecified atom stereocenters. The molecule has 2 aromatic carbocycles. The van der Waals surface area contributed by atoms with Crippen LogP contribution in [0.2, 0.25) is 0 Å². The summed E-state index contributed by atoms with van der Waals surface area (Å²) < 4.78 is 43.0. The van der Waals surface area contributed by atoms with Crippen LogP contribution in [0.15, 0.2) is 53.7 Å². The predicted molar refractivity (Wildman–Crippen MR) is 100 cm³/mol. The SMILES string of the molecule is C/C(=N\OCc1ccc(C(F)(F)F)cc1)c1ccc(OCC(=O)C(C)C)cc1. The van der Waals surface area contributed by atoms with Gasteiger partial charge in [-0.3, -0.25) is 4.79 Å². The molecular weight excluding hydrogens is 371 g/mol. The molecule has 0 saturated heterocycles. The summed E-state index contributed by atoms with van der Waals surface area (Å²) in [5.74, 6) is 0.533. The molecule has 0 atom stereocenters. The maximum absolute atomic E-state index is 12.5. The van der Waals surface area contributed by atoms with Crippen LogP contribution in [0.1, 0.15) is 37.5 Å². The van der Waals surface area contributed by atoms with Gasteiger partial charge >= 0.3 is 6.18 Å². The van der Waals surface area contributed by atoms with Crippen molar-refractivity contribution in [3.63, 3.8) is 0 Å². The highest BCUT2D eigenvalue weighted by molar-refractivity contribution is 5.98. The quantitative estimate of drug-likeness (QED) is 0.455. The molecule has 150 valence electrons. The largest absolute Gasteiger partial charge is 0.486 e. The third-order valence-corrected chi connectivity index (χ3v) is 4.01. The molecule has 0 fully saturated rings. The molecule has 0 N–H and O–H groups in total. The summed E-state index contributed by atoms with van der Waals surface area (Å²) in [6.45, 7) is 5.48. The number of oxime groups is 1. The summed E-state index contributed by atoms with van der Waals surface area (Å²) in [6.07, 6.45) is -4.36. The van der Waals surface area contributed by atoms with Gasteiger partial charge in [-0.25, -0.2) is 0 Å². The minimum atomic E-state index is -4.36. The molecule has 0 radical (unpaired) electrons. The summed E-state index contributed by atoms with van der Waals surface area (Å²) in [6, 6.07) is 11.8.